The van der Waals surface area contributed by atoms with E-state index in [-0.39, 0.29) is 6.04 Å². The first-order chi connectivity index (χ1) is 7.18. The minimum Gasteiger partial charge on any atom is -0.381 e. The molecular weight excluding hydrogens is 190 g/mol. The zero-order valence-corrected chi connectivity index (χ0v) is 9.85. The van der Waals surface area contributed by atoms with Crippen molar-refractivity contribution >= 4 is 0 Å². The lowest BCUT2D eigenvalue weighted by Gasteiger charge is -2.42. The molecule has 4 heteroatoms. The van der Waals surface area contributed by atoms with Crippen LogP contribution in [0.15, 0.2) is 0 Å². The Kier molecular flexibility index (Phi) is 3.61. The van der Waals surface area contributed by atoms with Crippen molar-refractivity contribution in [1.29, 1.82) is 0 Å². The van der Waals surface area contributed by atoms with Gasteiger partial charge in [0.25, 0.3) is 0 Å². The molecule has 0 aromatic carbocycles. The highest BCUT2D eigenvalue weighted by Crippen LogP contribution is 2.21. The van der Waals surface area contributed by atoms with Gasteiger partial charge < -0.3 is 15.4 Å². The van der Waals surface area contributed by atoms with Gasteiger partial charge in [-0.25, -0.2) is 0 Å². The molecule has 0 saturated carbocycles. The van der Waals surface area contributed by atoms with Crippen LogP contribution in [0.25, 0.3) is 0 Å². The first-order valence-corrected chi connectivity index (χ1v) is 5.90. The zero-order valence-electron chi connectivity index (χ0n) is 9.85. The first-order valence-electron chi connectivity index (χ1n) is 5.90. The van der Waals surface area contributed by atoms with Gasteiger partial charge in [-0.2, -0.15) is 0 Å². The summed E-state index contributed by atoms with van der Waals surface area (Å²) in [7, 11) is 4.37. The van der Waals surface area contributed by atoms with Crippen molar-refractivity contribution in [2.24, 2.45) is 11.7 Å². The van der Waals surface area contributed by atoms with Crippen molar-refractivity contribution in [1.82, 2.24) is 9.80 Å². The maximum atomic E-state index is 6.36. The van der Waals surface area contributed by atoms with Gasteiger partial charge in [-0.3, -0.25) is 4.90 Å². The number of hydrogen-bond donors (Lipinski definition) is 1. The van der Waals surface area contributed by atoms with Crippen molar-refractivity contribution in [3.8, 4) is 0 Å². The maximum Gasteiger partial charge on any atom is 0.0510 e. The van der Waals surface area contributed by atoms with Gasteiger partial charge in [-0.05, 0) is 20.5 Å². The summed E-state index contributed by atoms with van der Waals surface area (Å²) in [5.74, 6) is 0.559. The molecule has 15 heavy (non-hydrogen) atoms. The van der Waals surface area contributed by atoms with E-state index < -0.39 is 0 Å². The Hall–Kier alpha value is -0.160. The number of nitrogens with two attached hydrogens (primary N) is 1. The maximum absolute atomic E-state index is 6.36. The van der Waals surface area contributed by atoms with E-state index in [1.807, 2.05) is 0 Å². The fourth-order valence-electron chi connectivity index (χ4n) is 2.63. The Labute approximate surface area is 92.4 Å². The second-order valence-corrected chi connectivity index (χ2v) is 5.01. The highest BCUT2D eigenvalue weighted by molar-refractivity contribution is 4.91. The van der Waals surface area contributed by atoms with Gasteiger partial charge in [0.15, 0.2) is 0 Å². The summed E-state index contributed by atoms with van der Waals surface area (Å²) in [5.41, 5.74) is 6.36. The number of nitrogens with zero attached hydrogens (tertiary/aromatic N) is 2. The predicted octanol–water partition coefficient (Wildman–Crippen LogP) is -0.404. The summed E-state index contributed by atoms with van der Waals surface area (Å²) in [5, 5.41) is 0. The smallest absolute Gasteiger partial charge is 0.0510 e. The molecule has 2 saturated heterocycles. The van der Waals surface area contributed by atoms with E-state index in [1.54, 1.807) is 0 Å². The summed E-state index contributed by atoms with van der Waals surface area (Å²) >= 11 is 0. The molecule has 0 radical (unpaired) electrons. The number of hydrogen-bond acceptors (Lipinski definition) is 4. The largest absolute Gasteiger partial charge is 0.381 e. The average molecular weight is 213 g/mol. The van der Waals surface area contributed by atoms with E-state index >= 15 is 0 Å². The van der Waals surface area contributed by atoms with Gasteiger partial charge in [0.2, 0.25) is 0 Å². The molecule has 2 fully saturated rings. The predicted molar refractivity (Wildman–Crippen MR) is 60.8 cm³/mol. The second kappa shape index (κ2) is 4.78. The van der Waals surface area contributed by atoms with Crippen LogP contribution < -0.4 is 5.73 Å². The topological polar surface area (TPSA) is 41.7 Å². The van der Waals surface area contributed by atoms with Crippen LogP contribution >= 0.6 is 0 Å². The Balaban J connectivity index is 1.94. The highest BCUT2D eigenvalue weighted by Gasteiger charge is 2.33. The Morgan fingerprint density at radius 2 is 2.13 bits per heavy atom. The normalized spacial score (nSPS) is 37.0. The van der Waals surface area contributed by atoms with Crippen molar-refractivity contribution in [3.05, 3.63) is 0 Å². The van der Waals surface area contributed by atoms with Crippen LogP contribution in [0.5, 0.6) is 0 Å². The summed E-state index contributed by atoms with van der Waals surface area (Å²) < 4.78 is 5.42. The number of rotatable bonds is 2. The lowest BCUT2D eigenvalue weighted by Crippen LogP contribution is -2.59. The monoisotopic (exact) mass is 213 g/mol. The number of likely N-dealkylation sites (N-methyl/N-ethyl adjacent to an activating group) is 2. The third-order valence-electron chi connectivity index (χ3n) is 3.85. The molecule has 3 atom stereocenters. The van der Waals surface area contributed by atoms with Gasteiger partial charge in [-0.1, -0.05) is 0 Å². The summed E-state index contributed by atoms with van der Waals surface area (Å²) in [6, 6.07) is 0.760. The number of piperazine rings is 1. The Morgan fingerprint density at radius 3 is 2.80 bits per heavy atom. The van der Waals surface area contributed by atoms with Crippen LogP contribution in [0.3, 0.4) is 0 Å². The van der Waals surface area contributed by atoms with E-state index in [0.717, 1.165) is 39.3 Å². The fourth-order valence-corrected chi connectivity index (χ4v) is 2.63. The summed E-state index contributed by atoms with van der Waals surface area (Å²) in [6.07, 6.45) is 1.13. The van der Waals surface area contributed by atoms with Crippen LogP contribution in [-0.4, -0.2) is 68.8 Å². The van der Waals surface area contributed by atoms with Crippen molar-refractivity contribution in [3.63, 3.8) is 0 Å². The van der Waals surface area contributed by atoms with Crippen LogP contribution in [0.4, 0.5) is 0 Å². The lowest BCUT2D eigenvalue weighted by atomic mass is 9.91. The molecule has 3 unspecified atom stereocenters. The molecule has 2 N–H and O–H groups in total. The first kappa shape index (κ1) is 11.3. The molecule has 88 valence electrons. The van der Waals surface area contributed by atoms with Gasteiger partial charge in [-0.15, -0.1) is 0 Å². The van der Waals surface area contributed by atoms with Crippen molar-refractivity contribution in [2.45, 2.75) is 18.5 Å². The van der Waals surface area contributed by atoms with Gasteiger partial charge in [0, 0.05) is 44.2 Å². The van der Waals surface area contributed by atoms with E-state index in [4.69, 9.17) is 10.5 Å². The van der Waals surface area contributed by atoms with E-state index in [0.29, 0.717) is 12.0 Å². The molecule has 0 aliphatic carbocycles. The van der Waals surface area contributed by atoms with E-state index in [1.165, 1.54) is 0 Å². The molecule has 2 heterocycles. The van der Waals surface area contributed by atoms with E-state index in [9.17, 15) is 0 Å². The van der Waals surface area contributed by atoms with Crippen molar-refractivity contribution < 1.29 is 4.74 Å². The van der Waals surface area contributed by atoms with Gasteiger partial charge in [0.1, 0.15) is 0 Å². The minimum atomic E-state index is 0.264. The Morgan fingerprint density at radius 1 is 1.33 bits per heavy atom. The third-order valence-corrected chi connectivity index (χ3v) is 3.85. The molecule has 0 aromatic heterocycles. The van der Waals surface area contributed by atoms with Crippen molar-refractivity contribution in [2.75, 3.05) is 46.9 Å². The third kappa shape index (κ3) is 2.50. The van der Waals surface area contributed by atoms with Crippen LogP contribution in [-0.2, 0) is 4.74 Å². The molecule has 0 spiro atoms. The molecule has 0 bridgehead atoms. The molecule has 2 aliphatic rings. The SMILES string of the molecule is CN1CCN(C)C(C(N)C2CCOC2)C1. The lowest BCUT2D eigenvalue weighted by molar-refractivity contribution is 0.0778. The van der Waals surface area contributed by atoms with Crippen LogP contribution in [0.1, 0.15) is 6.42 Å². The molecule has 4 nitrogen and oxygen atoms in total. The summed E-state index contributed by atoms with van der Waals surface area (Å²) in [6.45, 7) is 5.12. The summed E-state index contributed by atoms with van der Waals surface area (Å²) in [4.78, 5) is 4.78. The standard InChI is InChI=1S/C11H23N3O/c1-13-4-5-14(2)10(7-13)11(12)9-3-6-15-8-9/h9-11H,3-8,12H2,1-2H3. The van der Waals surface area contributed by atoms with E-state index in [2.05, 4.69) is 23.9 Å². The Bertz CT molecular complexity index is 206. The van der Waals surface area contributed by atoms with Gasteiger partial charge >= 0.3 is 0 Å². The zero-order chi connectivity index (χ0) is 10.8. The van der Waals surface area contributed by atoms with Crippen LogP contribution in [0.2, 0.25) is 0 Å². The molecule has 0 aromatic rings. The fraction of sp³-hybridized carbons (Fsp3) is 1.00. The average Bonchev–Trinajstić information content (AvgIpc) is 2.74. The molecule has 2 aliphatic heterocycles. The molecule has 0 amide bonds. The molecule has 2 rings (SSSR count). The van der Waals surface area contributed by atoms with Gasteiger partial charge in [0.05, 0.1) is 6.61 Å². The minimum absolute atomic E-state index is 0.264. The highest BCUT2D eigenvalue weighted by atomic mass is 16.5. The second-order valence-electron chi connectivity index (χ2n) is 5.01. The quantitative estimate of drug-likeness (QED) is 0.677. The number of ether oxygens (including phenoxy) is 1. The molecular formula is C11H23N3O. The van der Waals surface area contributed by atoms with Crippen LogP contribution in [0, 0.1) is 5.92 Å².